The number of aliphatic hydroxyl groups excluding tert-OH is 4. The first-order chi connectivity index (χ1) is 44.5. The Kier molecular flexibility index (Phi) is 32.5. The summed E-state index contributed by atoms with van der Waals surface area (Å²) in [6.45, 7) is 12.5. The maximum Gasteiger partial charge on any atom is 0.331 e. The van der Waals surface area contributed by atoms with Crippen molar-refractivity contribution in [2.24, 2.45) is 35.0 Å². The highest BCUT2D eigenvalue weighted by molar-refractivity contribution is 6.00. The van der Waals surface area contributed by atoms with Gasteiger partial charge in [-0.25, -0.2) is 4.79 Å². The van der Waals surface area contributed by atoms with Crippen LogP contribution in [0.15, 0.2) is 60.7 Å². The number of carbonyl (C=O) groups is 12. The average molecular weight is 1340 g/mol. The van der Waals surface area contributed by atoms with E-state index in [0.717, 1.165) is 6.92 Å². The van der Waals surface area contributed by atoms with Crippen molar-refractivity contribution in [3.05, 3.63) is 71.8 Å². The Morgan fingerprint density at radius 1 is 0.695 bits per heavy atom. The van der Waals surface area contributed by atoms with E-state index in [1.54, 1.807) is 78.8 Å². The first-order valence-corrected chi connectivity index (χ1v) is 31.2. The molecule has 22 N–H and O–H groups in total. The highest BCUT2D eigenvalue weighted by atomic mass is 16.5. The maximum atomic E-state index is 15.5. The van der Waals surface area contributed by atoms with Crippen molar-refractivity contribution in [2.75, 3.05) is 26.3 Å². The van der Waals surface area contributed by atoms with Crippen LogP contribution in [0.1, 0.15) is 112 Å². The number of nitrogens with one attached hydrogen (secondary N) is 12. The van der Waals surface area contributed by atoms with Crippen LogP contribution in [0.3, 0.4) is 0 Å². The Morgan fingerprint density at radius 3 is 1.79 bits per heavy atom. The minimum Gasteiger partial charge on any atom is -0.453 e. The van der Waals surface area contributed by atoms with Crippen LogP contribution < -0.4 is 75.7 Å². The Bertz CT molecular complexity index is 2950. The van der Waals surface area contributed by atoms with Gasteiger partial charge in [0.1, 0.15) is 48.3 Å². The summed E-state index contributed by atoms with van der Waals surface area (Å²) in [7, 11) is 0. The van der Waals surface area contributed by atoms with E-state index in [-0.39, 0.29) is 44.2 Å². The fourth-order valence-corrected chi connectivity index (χ4v) is 9.43. The van der Waals surface area contributed by atoms with Crippen molar-refractivity contribution in [3.63, 3.8) is 0 Å². The van der Waals surface area contributed by atoms with E-state index >= 15 is 9.59 Å². The predicted octanol–water partition coefficient (Wildman–Crippen LogP) is -5.26. The lowest BCUT2D eigenvalue weighted by molar-refractivity contribution is -0.159. The monoisotopic (exact) mass is 1340 g/mol. The minimum absolute atomic E-state index is 0.00434. The van der Waals surface area contributed by atoms with Crippen LogP contribution in [0, 0.1) is 23.2 Å². The van der Waals surface area contributed by atoms with E-state index in [0.29, 0.717) is 5.56 Å². The van der Waals surface area contributed by atoms with Crippen LogP contribution in [0.2, 0.25) is 0 Å². The number of rotatable bonds is 23. The lowest BCUT2D eigenvalue weighted by atomic mass is 9.95. The molecule has 1 heterocycles. The highest BCUT2D eigenvalue weighted by Gasteiger charge is 2.44. The second-order valence-corrected chi connectivity index (χ2v) is 24.9. The molecule has 0 unspecified atom stereocenters. The summed E-state index contributed by atoms with van der Waals surface area (Å²) < 4.78 is 11.9. The molecule has 0 bridgehead atoms. The molecule has 0 radical (unpaired) electrons. The molecular formula is C62H97N15O18. The number of cyclic esters (lactones) is 1. The molecule has 15 atom stereocenters. The Morgan fingerprint density at radius 2 is 1.24 bits per heavy atom. The number of carbonyl (C=O) groups excluding carboxylic acids is 12. The van der Waals surface area contributed by atoms with Crippen molar-refractivity contribution in [2.45, 2.75) is 192 Å². The molecule has 1 aliphatic heterocycles. The van der Waals surface area contributed by atoms with Gasteiger partial charge in [-0.15, -0.1) is 0 Å². The number of esters is 1. The molecule has 33 heteroatoms. The molecule has 0 aliphatic carbocycles. The van der Waals surface area contributed by atoms with Gasteiger partial charge in [0.25, 0.3) is 0 Å². The van der Waals surface area contributed by atoms with Gasteiger partial charge in [0.2, 0.25) is 65.0 Å². The predicted molar refractivity (Wildman–Crippen MR) is 342 cm³/mol. The van der Waals surface area contributed by atoms with Crippen LogP contribution in [0.5, 0.6) is 0 Å². The number of nitrogens with two attached hydrogens (primary N) is 3. The SMILES string of the molecule is CC[C@H](C)[C@@H]1NC(=O)[C@@H](CCCNC(=N)N)NC(=O)[C@H](CC(C)C)NC(=O)[C@H]([C@H](O)C(C)C)NC(=O)[C@@H](NC(=O)[C@H](COC(C)(C)C)NC(=O)[C@H](N)Cc2ccccc2)[C@@H](c2ccccc2)OC(=O)[C@H](CO)NC(=O)[C@H]([C@H](O)C(N)=O)NC(=O)CNC(=O)[C@H]([C@H](C)O)NC1=O. The summed E-state index contributed by atoms with van der Waals surface area (Å²) in [5, 5.41) is 78.3. The van der Waals surface area contributed by atoms with Gasteiger partial charge < -0.3 is 106 Å². The molecule has 528 valence electrons. The summed E-state index contributed by atoms with van der Waals surface area (Å²) in [6.07, 6.45) is -8.35. The summed E-state index contributed by atoms with van der Waals surface area (Å²) in [5.74, 6) is -17.5. The number of hydrogen-bond acceptors (Lipinski definition) is 20. The van der Waals surface area contributed by atoms with Gasteiger partial charge >= 0.3 is 5.97 Å². The summed E-state index contributed by atoms with van der Waals surface area (Å²) in [6, 6.07) is -2.90. The molecule has 95 heavy (non-hydrogen) atoms. The van der Waals surface area contributed by atoms with Gasteiger partial charge in [-0.1, -0.05) is 109 Å². The number of primary amides is 1. The highest BCUT2D eigenvalue weighted by Crippen LogP contribution is 2.25. The smallest absolute Gasteiger partial charge is 0.331 e. The lowest BCUT2D eigenvalue weighted by Crippen LogP contribution is -2.64. The molecule has 1 fully saturated rings. The van der Waals surface area contributed by atoms with Gasteiger partial charge in [-0.05, 0) is 82.3 Å². The van der Waals surface area contributed by atoms with E-state index in [9.17, 15) is 68.4 Å². The molecular weight excluding hydrogens is 1240 g/mol. The molecule has 3 rings (SSSR count). The van der Waals surface area contributed by atoms with E-state index < -0.39 is 205 Å². The van der Waals surface area contributed by atoms with Crippen LogP contribution in [0.25, 0.3) is 0 Å². The number of ether oxygens (including phenoxy) is 2. The number of guanidine groups is 1. The van der Waals surface area contributed by atoms with Crippen LogP contribution in [-0.2, 0) is 73.4 Å². The second-order valence-electron chi connectivity index (χ2n) is 24.9. The molecule has 0 spiro atoms. The van der Waals surface area contributed by atoms with E-state index in [1.807, 2.05) is 10.6 Å². The number of hydrogen-bond donors (Lipinski definition) is 19. The average Bonchev–Trinajstić information content (AvgIpc) is 0.880. The minimum atomic E-state index is -2.59. The number of amides is 11. The normalized spacial score (nSPS) is 24.1. The van der Waals surface area contributed by atoms with E-state index in [2.05, 4.69) is 47.9 Å². The van der Waals surface area contributed by atoms with Crippen LogP contribution in [-0.4, -0.2) is 208 Å². The first-order valence-electron chi connectivity index (χ1n) is 31.2. The number of aliphatic hydroxyl groups is 4. The van der Waals surface area contributed by atoms with Crippen molar-refractivity contribution in [3.8, 4) is 0 Å². The van der Waals surface area contributed by atoms with E-state index in [1.165, 1.54) is 44.2 Å². The summed E-state index contributed by atoms with van der Waals surface area (Å²) in [4.78, 5) is 171. The zero-order chi connectivity index (χ0) is 71.6. The van der Waals surface area contributed by atoms with Crippen molar-refractivity contribution >= 4 is 76.9 Å². The van der Waals surface area contributed by atoms with Crippen molar-refractivity contribution < 1.29 is 87.4 Å². The topological polar surface area (TPSA) is 538 Å². The van der Waals surface area contributed by atoms with Gasteiger partial charge in [-0.3, -0.25) is 58.1 Å². The van der Waals surface area contributed by atoms with Gasteiger partial charge in [0, 0.05) is 6.54 Å². The summed E-state index contributed by atoms with van der Waals surface area (Å²) in [5.41, 5.74) is 16.8. The van der Waals surface area contributed by atoms with Gasteiger partial charge in [-0.2, -0.15) is 0 Å². The third-order valence-electron chi connectivity index (χ3n) is 15.0. The fraction of sp³-hybridized carbons (Fsp3) is 0.597. The van der Waals surface area contributed by atoms with Crippen LogP contribution >= 0.6 is 0 Å². The van der Waals surface area contributed by atoms with Gasteiger partial charge in [0.05, 0.1) is 43.6 Å². The molecule has 2 aromatic rings. The first kappa shape index (κ1) is 80.3. The Hall–Kier alpha value is -8.89. The maximum absolute atomic E-state index is 15.5. The molecule has 33 nitrogen and oxygen atoms in total. The molecule has 11 amide bonds. The molecule has 1 saturated heterocycles. The number of benzene rings is 2. The molecule has 1 aliphatic rings. The van der Waals surface area contributed by atoms with Crippen molar-refractivity contribution in [1.82, 2.24) is 58.5 Å². The Balaban J connectivity index is 2.42. The van der Waals surface area contributed by atoms with Gasteiger partial charge in [0.15, 0.2) is 24.2 Å². The lowest BCUT2D eigenvalue weighted by Gasteiger charge is -2.34. The quantitative estimate of drug-likeness (QED) is 0.0214. The zero-order valence-corrected chi connectivity index (χ0v) is 55.2. The van der Waals surface area contributed by atoms with Crippen LogP contribution in [0.4, 0.5) is 0 Å². The largest absolute Gasteiger partial charge is 0.453 e. The second kappa shape index (κ2) is 38.5. The standard InChI is InChI=1S/C62H97N15O18/c1-11-32(6)42-56(89)75-43(33(7)79)55(88)68-27-41(80)73-45(48(82)50(64)83)58(91)71-39(28-78)60(93)95-49(35-21-16-13-17-22-35)46(77-54(87)40(29-94-62(8,9)10)72-51(84)36(63)26-34-19-14-12-15-20-34)59(92)76-44(47(81)31(4)5)57(90)70-38(25-30(2)3)53(86)69-37(52(85)74-42)23-18-24-67-61(65)66/h12-17,19-22,30-33,36-40,42-49,78-79,81-82H,11,18,23-29,63H2,1-10H3,(H2,64,83)(H,68,88)(H,69,86)(H,70,90)(H,71,91)(H,72,84)(H,73,80)(H,74,85)(H,75,89)(H,76,92)(H,77,87)(H4,65,66,67)/t32-,33-,36+,37+,38-,39-,40-,42-,43-,44-,45-,46-,47+,48-,49+/m0/s1. The zero-order valence-electron chi connectivity index (χ0n) is 55.2. The summed E-state index contributed by atoms with van der Waals surface area (Å²) >= 11 is 0. The third kappa shape index (κ3) is 26.4. The van der Waals surface area contributed by atoms with Crippen molar-refractivity contribution in [1.29, 1.82) is 5.41 Å². The molecule has 0 aromatic heterocycles. The molecule has 2 aromatic carbocycles. The van der Waals surface area contributed by atoms with E-state index in [4.69, 9.17) is 32.1 Å². The molecule has 0 saturated carbocycles. The third-order valence-corrected chi connectivity index (χ3v) is 15.0. The fourth-order valence-electron chi connectivity index (χ4n) is 9.43. The Labute approximate surface area is 551 Å².